The normalized spacial score (nSPS) is 11.8. The Kier molecular flexibility index (Phi) is 4.83. The summed E-state index contributed by atoms with van der Waals surface area (Å²) in [4.78, 5) is 0. The fraction of sp³-hybridized carbons (Fsp3) is 0.500. The van der Waals surface area contributed by atoms with Crippen molar-refractivity contribution >= 4 is 27.1 Å². The topological polar surface area (TPSA) is 46.2 Å². The molecule has 0 bridgehead atoms. The summed E-state index contributed by atoms with van der Waals surface area (Å²) in [5.41, 5.74) is 1.87. The first-order valence-electron chi connectivity index (χ1n) is 5.54. The van der Waals surface area contributed by atoms with Gasteiger partial charge < -0.3 is 5.32 Å². The van der Waals surface area contributed by atoms with Crippen LogP contribution in [0.1, 0.15) is 19.4 Å². The minimum absolute atomic E-state index is 0.120. The smallest absolute Gasteiger partial charge is 0.154 e. The molecule has 0 aliphatic carbocycles. The predicted molar refractivity (Wildman–Crippen MR) is 73.6 cm³/mol. The van der Waals surface area contributed by atoms with Crippen molar-refractivity contribution in [2.24, 2.45) is 0 Å². The summed E-state index contributed by atoms with van der Waals surface area (Å²) in [6.45, 7) is 5.72. The highest BCUT2D eigenvalue weighted by atomic mass is 35.5. The van der Waals surface area contributed by atoms with Gasteiger partial charge in [0.1, 0.15) is 0 Å². The van der Waals surface area contributed by atoms with Crippen LogP contribution in [0.15, 0.2) is 18.2 Å². The van der Waals surface area contributed by atoms with Gasteiger partial charge in [0.05, 0.1) is 21.7 Å². The Morgan fingerprint density at radius 2 is 2.00 bits per heavy atom. The Morgan fingerprint density at radius 1 is 1.35 bits per heavy atom. The molecular formula is C12H18ClNO2S. The molecule has 1 N–H and O–H groups in total. The van der Waals surface area contributed by atoms with Crippen LogP contribution in [-0.2, 0) is 9.84 Å². The van der Waals surface area contributed by atoms with Crippen LogP contribution in [0.4, 0.5) is 5.69 Å². The standard InChI is InChI=1S/C12H18ClNO2S/c1-9(2)17(15,16)7-6-14-12-8-10(3)4-5-11(12)13/h4-5,8-9,14H,6-7H2,1-3H3. The second-order valence-corrected chi connectivity index (χ2v) is 7.41. The number of aryl methyl sites for hydroxylation is 1. The third kappa shape index (κ3) is 4.21. The van der Waals surface area contributed by atoms with Gasteiger partial charge in [-0.15, -0.1) is 0 Å². The minimum Gasteiger partial charge on any atom is -0.383 e. The number of hydrogen-bond acceptors (Lipinski definition) is 3. The van der Waals surface area contributed by atoms with Crippen LogP contribution < -0.4 is 5.32 Å². The molecule has 0 heterocycles. The van der Waals surface area contributed by atoms with Gasteiger partial charge in [0, 0.05) is 6.54 Å². The molecule has 0 unspecified atom stereocenters. The van der Waals surface area contributed by atoms with Crippen molar-refractivity contribution in [3.63, 3.8) is 0 Å². The Labute approximate surface area is 108 Å². The van der Waals surface area contributed by atoms with Crippen LogP contribution >= 0.6 is 11.6 Å². The minimum atomic E-state index is -3.00. The van der Waals surface area contributed by atoms with Crippen LogP contribution in [0, 0.1) is 6.92 Å². The lowest BCUT2D eigenvalue weighted by molar-refractivity contribution is 0.588. The quantitative estimate of drug-likeness (QED) is 0.899. The van der Waals surface area contributed by atoms with E-state index in [0.717, 1.165) is 11.3 Å². The summed E-state index contributed by atoms with van der Waals surface area (Å²) in [6.07, 6.45) is 0. The number of halogens is 1. The summed E-state index contributed by atoms with van der Waals surface area (Å²) < 4.78 is 23.2. The molecule has 1 aromatic carbocycles. The van der Waals surface area contributed by atoms with Crippen molar-refractivity contribution in [2.45, 2.75) is 26.0 Å². The molecule has 0 amide bonds. The van der Waals surface area contributed by atoms with E-state index in [1.165, 1.54) is 0 Å². The number of rotatable bonds is 5. The van der Waals surface area contributed by atoms with Crippen LogP contribution in [-0.4, -0.2) is 26.0 Å². The lowest BCUT2D eigenvalue weighted by Crippen LogP contribution is -2.23. The molecule has 0 saturated heterocycles. The Balaban J connectivity index is 2.60. The molecule has 0 aliphatic heterocycles. The summed E-state index contributed by atoms with van der Waals surface area (Å²) >= 11 is 6.00. The predicted octanol–water partition coefficient (Wildman–Crippen LogP) is 2.88. The molecule has 0 aliphatic rings. The van der Waals surface area contributed by atoms with Crippen molar-refractivity contribution < 1.29 is 8.42 Å². The average molecular weight is 276 g/mol. The lowest BCUT2D eigenvalue weighted by Gasteiger charge is -2.11. The molecule has 0 radical (unpaired) electrons. The van der Waals surface area contributed by atoms with Gasteiger partial charge in [0.15, 0.2) is 9.84 Å². The van der Waals surface area contributed by atoms with E-state index in [9.17, 15) is 8.42 Å². The van der Waals surface area contributed by atoms with Gasteiger partial charge in [-0.05, 0) is 38.5 Å². The van der Waals surface area contributed by atoms with Crippen molar-refractivity contribution in [3.8, 4) is 0 Å². The van der Waals surface area contributed by atoms with E-state index < -0.39 is 9.84 Å². The van der Waals surface area contributed by atoms with E-state index in [0.29, 0.717) is 11.6 Å². The molecule has 5 heteroatoms. The van der Waals surface area contributed by atoms with E-state index in [-0.39, 0.29) is 11.0 Å². The average Bonchev–Trinajstić information content (AvgIpc) is 2.22. The molecule has 0 aromatic heterocycles. The van der Waals surface area contributed by atoms with Crippen molar-refractivity contribution in [2.75, 3.05) is 17.6 Å². The van der Waals surface area contributed by atoms with Gasteiger partial charge in [-0.1, -0.05) is 17.7 Å². The second kappa shape index (κ2) is 5.74. The Morgan fingerprint density at radius 3 is 2.59 bits per heavy atom. The number of sulfone groups is 1. The molecule has 1 aromatic rings. The van der Waals surface area contributed by atoms with Gasteiger partial charge in [-0.2, -0.15) is 0 Å². The van der Waals surface area contributed by atoms with Gasteiger partial charge in [-0.25, -0.2) is 8.42 Å². The highest BCUT2D eigenvalue weighted by molar-refractivity contribution is 7.92. The molecular weight excluding hydrogens is 258 g/mol. The molecule has 1 rings (SSSR count). The third-order valence-corrected chi connectivity index (χ3v) is 5.08. The molecule has 17 heavy (non-hydrogen) atoms. The number of hydrogen-bond donors (Lipinski definition) is 1. The summed E-state index contributed by atoms with van der Waals surface area (Å²) in [5.74, 6) is 0.120. The van der Waals surface area contributed by atoms with E-state index in [1.807, 2.05) is 19.1 Å². The van der Waals surface area contributed by atoms with Crippen LogP contribution in [0.25, 0.3) is 0 Å². The van der Waals surface area contributed by atoms with E-state index in [2.05, 4.69) is 5.32 Å². The summed E-state index contributed by atoms with van der Waals surface area (Å²) in [5, 5.41) is 3.33. The van der Waals surface area contributed by atoms with Gasteiger partial charge in [-0.3, -0.25) is 0 Å². The maximum absolute atomic E-state index is 11.6. The highest BCUT2D eigenvalue weighted by Crippen LogP contribution is 2.22. The van der Waals surface area contributed by atoms with E-state index >= 15 is 0 Å². The maximum Gasteiger partial charge on any atom is 0.154 e. The summed E-state index contributed by atoms with van der Waals surface area (Å²) in [6, 6.07) is 5.62. The highest BCUT2D eigenvalue weighted by Gasteiger charge is 2.15. The SMILES string of the molecule is Cc1ccc(Cl)c(NCCS(=O)(=O)C(C)C)c1. The van der Waals surface area contributed by atoms with Crippen molar-refractivity contribution in [3.05, 3.63) is 28.8 Å². The fourth-order valence-electron chi connectivity index (χ4n) is 1.34. The zero-order chi connectivity index (χ0) is 13.1. The van der Waals surface area contributed by atoms with Crippen molar-refractivity contribution in [1.82, 2.24) is 0 Å². The van der Waals surface area contributed by atoms with Crippen LogP contribution in [0.2, 0.25) is 5.02 Å². The molecule has 3 nitrogen and oxygen atoms in total. The molecule has 0 fully saturated rings. The number of benzene rings is 1. The number of nitrogens with one attached hydrogen (secondary N) is 1. The third-order valence-electron chi connectivity index (χ3n) is 2.54. The van der Waals surface area contributed by atoms with E-state index in [4.69, 9.17) is 11.6 Å². The molecule has 0 saturated carbocycles. The molecule has 0 spiro atoms. The second-order valence-electron chi connectivity index (χ2n) is 4.33. The molecule has 0 atom stereocenters. The Hall–Kier alpha value is -0.740. The zero-order valence-electron chi connectivity index (χ0n) is 10.3. The van der Waals surface area contributed by atoms with Gasteiger partial charge in [0.2, 0.25) is 0 Å². The largest absolute Gasteiger partial charge is 0.383 e. The van der Waals surface area contributed by atoms with E-state index in [1.54, 1.807) is 19.9 Å². The number of anilines is 1. The fourth-order valence-corrected chi connectivity index (χ4v) is 2.38. The summed E-state index contributed by atoms with van der Waals surface area (Å²) in [7, 11) is -3.00. The lowest BCUT2D eigenvalue weighted by atomic mass is 10.2. The zero-order valence-corrected chi connectivity index (χ0v) is 11.9. The van der Waals surface area contributed by atoms with Gasteiger partial charge in [0.25, 0.3) is 0 Å². The van der Waals surface area contributed by atoms with Gasteiger partial charge >= 0.3 is 0 Å². The maximum atomic E-state index is 11.6. The first-order chi connectivity index (χ1) is 7.83. The first-order valence-corrected chi connectivity index (χ1v) is 7.64. The van der Waals surface area contributed by atoms with Crippen LogP contribution in [0.5, 0.6) is 0 Å². The monoisotopic (exact) mass is 275 g/mol. The Bertz CT molecular complexity index is 483. The van der Waals surface area contributed by atoms with Crippen LogP contribution in [0.3, 0.4) is 0 Å². The van der Waals surface area contributed by atoms with Crippen molar-refractivity contribution in [1.29, 1.82) is 0 Å². The first kappa shape index (κ1) is 14.3. The molecule has 96 valence electrons.